The molecule has 0 bridgehead atoms. The topological polar surface area (TPSA) is 64.7 Å². The van der Waals surface area contributed by atoms with Crippen molar-refractivity contribution < 1.29 is 0 Å². The van der Waals surface area contributed by atoms with E-state index in [0.717, 1.165) is 17.4 Å². The van der Waals surface area contributed by atoms with Crippen LogP contribution in [0.4, 0.5) is 5.95 Å². The van der Waals surface area contributed by atoms with Crippen molar-refractivity contribution in [2.45, 2.75) is 43.6 Å². The number of hydrogen-bond acceptors (Lipinski definition) is 6. The number of aromatic nitrogens is 3. The first-order valence-corrected chi connectivity index (χ1v) is 8.23. The van der Waals surface area contributed by atoms with E-state index in [1.165, 1.54) is 5.75 Å². The van der Waals surface area contributed by atoms with Crippen molar-refractivity contribution in [1.82, 2.24) is 15.0 Å². The first kappa shape index (κ1) is 13.9. The Balaban J connectivity index is 2.35. The second-order valence-corrected chi connectivity index (χ2v) is 8.23. The largest absolute Gasteiger partial charge is 0.368 e. The molecule has 0 radical (unpaired) electrons. The van der Waals surface area contributed by atoms with E-state index in [9.17, 15) is 0 Å². The molecule has 1 saturated heterocycles. The summed E-state index contributed by atoms with van der Waals surface area (Å²) in [5.41, 5.74) is 5.73. The highest BCUT2D eigenvalue weighted by atomic mass is 32.2. The molecular weight excluding hydrogens is 264 g/mol. The Hall–Kier alpha value is -0.490. The highest BCUT2D eigenvalue weighted by Gasteiger charge is 2.29. The van der Waals surface area contributed by atoms with Crippen LogP contribution in [0.2, 0.25) is 0 Å². The molecule has 0 amide bonds. The Morgan fingerprint density at radius 1 is 1.11 bits per heavy atom. The van der Waals surface area contributed by atoms with Crippen molar-refractivity contribution in [2.75, 3.05) is 17.2 Å². The molecule has 1 aromatic heterocycles. The molecule has 2 N–H and O–H groups in total. The minimum absolute atomic E-state index is 0.0957. The van der Waals surface area contributed by atoms with Gasteiger partial charge in [-0.25, -0.2) is 4.98 Å². The number of rotatable bonds is 1. The summed E-state index contributed by atoms with van der Waals surface area (Å²) in [5, 5.41) is 0.855. The van der Waals surface area contributed by atoms with Crippen LogP contribution in [0, 0.1) is 0 Å². The first-order valence-electron chi connectivity index (χ1n) is 6.13. The summed E-state index contributed by atoms with van der Waals surface area (Å²) in [6.07, 6.45) is 0. The van der Waals surface area contributed by atoms with E-state index in [-0.39, 0.29) is 5.41 Å². The van der Waals surface area contributed by atoms with Gasteiger partial charge in [0.1, 0.15) is 11.6 Å². The standard InChI is InChI=1S/C12H20N4S2/c1-7-8(18-6-5-17-7)9-14-10(12(2,3)4)16-11(13)15-9/h7-8H,5-6H2,1-4H3,(H2,13,14,15,16). The number of nitrogens with zero attached hydrogens (tertiary/aromatic N) is 3. The summed E-state index contributed by atoms with van der Waals surface area (Å²) in [6, 6.07) is 0. The van der Waals surface area contributed by atoms with Gasteiger partial charge in [0.15, 0.2) is 0 Å². The third kappa shape index (κ3) is 3.09. The first-order chi connectivity index (χ1) is 8.38. The van der Waals surface area contributed by atoms with Crippen molar-refractivity contribution in [2.24, 2.45) is 0 Å². The fourth-order valence-corrected chi connectivity index (χ4v) is 4.48. The van der Waals surface area contributed by atoms with E-state index in [4.69, 9.17) is 5.73 Å². The summed E-state index contributed by atoms with van der Waals surface area (Å²) in [7, 11) is 0. The van der Waals surface area contributed by atoms with Crippen LogP contribution in [0.3, 0.4) is 0 Å². The van der Waals surface area contributed by atoms with Crippen molar-refractivity contribution in [3.8, 4) is 0 Å². The molecule has 1 fully saturated rings. The molecule has 0 aliphatic carbocycles. The molecule has 2 unspecified atom stereocenters. The zero-order chi connectivity index (χ0) is 13.3. The van der Waals surface area contributed by atoms with Crippen molar-refractivity contribution >= 4 is 29.5 Å². The van der Waals surface area contributed by atoms with E-state index in [0.29, 0.717) is 16.4 Å². The quantitative estimate of drug-likeness (QED) is 0.855. The van der Waals surface area contributed by atoms with Gasteiger partial charge < -0.3 is 5.73 Å². The Morgan fingerprint density at radius 2 is 1.78 bits per heavy atom. The molecule has 6 heteroatoms. The lowest BCUT2D eigenvalue weighted by Gasteiger charge is -2.27. The van der Waals surface area contributed by atoms with Crippen molar-refractivity contribution in [3.05, 3.63) is 11.6 Å². The van der Waals surface area contributed by atoms with Gasteiger partial charge in [0, 0.05) is 22.2 Å². The minimum atomic E-state index is -0.0957. The van der Waals surface area contributed by atoms with E-state index in [2.05, 4.69) is 42.6 Å². The summed E-state index contributed by atoms with van der Waals surface area (Å²) in [5.74, 6) is 4.32. The van der Waals surface area contributed by atoms with E-state index in [1.807, 2.05) is 23.5 Å². The van der Waals surface area contributed by atoms with Gasteiger partial charge in [-0.15, -0.1) is 11.8 Å². The minimum Gasteiger partial charge on any atom is -0.368 e. The highest BCUT2D eigenvalue weighted by molar-refractivity contribution is 8.06. The van der Waals surface area contributed by atoms with Gasteiger partial charge >= 0.3 is 0 Å². The predicted molar refractivity (Wildman–Crippen MR) is 80.1 cm³/mol. The Labute approximate surface area is 117 Å². The van der Waals surface area contributed by atoms with Gasteiger partial charge in [0.2, 0.25) is 5.95 Å². The van der Waals surface area contributed by atoms with E-state index in [1.54, 1.807) is 0 Å². The van der Waals surface area contributed by atoms with Crippen LogP contribution in [0.25, 0.3) is 0 Å². The molecule has 1 aliphatic rings. The van der Waals surface area contributed by atoms with E-state index < -0.39 is 0 Å². The number of anilines is 1. The number of nitrogens with two attached hydrogens (primary N) is 1. The maximum atomic E-state index is 5.83. The number of hydrogen-bond donors (Lipinski definition) is 1. The van der Waals surface area contributed by atoms with Crippen LogP contribution < -0.4 is 5.73 Å². The van der Waals surface area contributed by atoms with Crippen LogP contribution in [-0.4, -0.2) is 31.7 Å². The normalized spacial score (nSPS) is 25.1. The van der Waals surface area contributed by atoms with Crippen LogP contribution in [0.1, 0.15) is 44.6 Å². The summed E-state index contributed by atoms with van der Waals surface area (Å²) in [4.78, 5) is 13.2. The molecule has 2 atom stereocenters. The summed E-state index contributed by atoms with van der Waals surface area (Å²) < 4.78 is 0. The van der Waals surface area contributed by atoms with Gasteiger partial charge in [-0.2, -0.15) is 21.7 Å². The fraction of sp³-hybridized carbons (Fsp3) is 0.750. The third-order valence-corrected chi connectivity index (χ3v) is 5.87. The monoisotopic (exact) mass is 284 g/mol. The smallest absolute Gasteiger partial charge is 0.223 e. The van der Waals surface area contributed by atoms with Gasteiger partial charge in [-0.1, -0.05) is 27.7 Å². The molecule has 100 valence electrons. The molecular formula is C12H20N4S2. The maximum absolute atomic E-state index is 5.83. The second-order valence-electron chi connectivity index (χ2n) is 5.49. The third-order valence-electron chi connectivity index (χ3n) is 2.78. The van der Waals surface area contributed by atoms with Gasteiger partial charge in [-0.05, 0) is 0 Å². The summed E-state index contributed by atoms with van der Waals surface area (Å²) in [6.45, 7) is 8.52. The van der Waals surface area contributed by atoms with Gasteiger partial charge in [0.25, 0.3) is 0 Å². The van der Waals surface area contributed by atoms with Crippen LogP contribution in [0.5, 0.6) is 0 Å². The lowest BCUT2D eigenvalue weighted by atomic mass is 9.96. The van der Waals surface area contributed by atoms with Crippen molar-refractivity contribution in [1.29, 1.82) is 0 Å². The molecule has 4 nitrogen and oxygen atoms in total. The molecule has 2 heterocycles. The van der Waals surface area contributed by atoms with Crippen LogP contribution in [0.15, 0.2) is 0 Å². The SMILES string of the molecule is CC1SCCSC1c1nc(N)nc(C(C)(C)C)n1. The van der Waals surface area contributed by atoms with Gasteiger partial charge in [-0.3, -0.25) is 0 Å². The molecule has 2 rings (SSSR count). The Bertz CT molecular complexity index is 431. The molecule has 0 saturated carbocycles. The summed E-state index contributed by atoms with van der Waals surface area (Å²) >= 11 is 3.90. The Kier molecular flexibility index (Phi) is 4.06. The molecule has 0 aromatic carbocycles. The molecule has 18 heavy (non-hydrogen) atoms. The van der Waals surface area contributed by atoms with E-state index >= 15 is 0 Å². The average molecular weight is 284 g/mol. The molecule has 0 spiro atoms. The Morgan fingerprint density at radius 3 is 2.39 bits per heavy atom. The lowest BCUT2D eigenvalue weighted by molar-refractivity contribution is 0.536. The van der Waals surface area contributed by atoms with Crippen LogP contribution in [-0.2, 0) is 5.41 Å². The second kappa shape index (κ2) is 5.25. The zero-order valence-electron chi connectivity index (χ0n) is 11.3. The van der Waals surface area contributed by atoms with Crippen LogP contribution >= 0.6 is 23.5 Å². The lowest BCUT2D eigenvalue weighted by Crippen LogP contribution is -2.23. The fourth-order valence-electron chi connectivity index (χ4n) is 1.79. The molecule has 1 aliphatic heterocycles. The number of thioether (sulfide) groups is 2. The van der Waals surface area contributed by atoms with Crippen molar-refractivity contribution in [3.63, 3.8) is 0 Å². The maximum Gasteiger partial charge on any atom is 0.223 e. The highest BCUT2D eigenvalue weighted by Crippen LogP contribution is 2.41. The predicted octanol–water partition coefficient (Wildman–Crippen LogP) is 2.66. The average Bonchev–Trinajstić information content (AvgIpc) is 2.27. The van der Waals surface area contributed by atoms with Gasteiger partial charge in [0.05, 0.1) is 5.25 Å². The zero-order valence-corrected chi connectivity index (χ0v) is 12.9. The molecule has 1 aromatic rings. The number of nitrogen functional groups attached to an aromatic ring is 1.